The quantitative estimate of drug-likeness (QED) is 0.367. The largest absolute Gasteiger partial charge is 0.368 e. The molecular formula is C21H28IN5O2S. The van der Waals surface area contributed by atoms with Gasteiger partial charge in [0.05, 0.1) is 12.2 Å². The van der Waals surface area contributed by atoms with Crippen molar-refractivity contribution in [2.45, 2.75) is 25.5 Å². The second-order valence-electron chi connectivity index (χ2n) is 7.22. The van der Waals surface area contributed by atoms with Gasteiger partial charge in [0.1, 0.15) is 11.1 Å². The van der Waals surface area contributed by atoms with Crippen LogP contribution in [0.1, 0.15) is 18.5 Å². The molecule has 0 aliphatic carbocycles. The minimum Gasteiger partial charge on any atom is -0.368 e. The van der Waals surface area contributed by atoms with Crippen LogP contribution in [0.25, 0.3) is 10.6 Å². The first kappa shape index (κ1) is 23.0. The highest BCUT2D eigenvalue weighted by Gasteiger charge is 2.30. The smallest absolute Gasteiger partial charge is 0.251 e. The van der Waals surface area contributed by atoms with Crippen LogP contribution in [0.2, 0.25) is 0 Å². The summed E-state index contributed by atoms with van der Waals surface area (Å²) in [6, 6.07) is 10.2. The number of rotatable bonds is 4. The molecular weight excluding hydrogens is 513 g/mol. The van der Waals surface area contributed by atoms with Gasteiger partial charge in [0.15, 0.2) is 5.96 Å². The number of aliphatic imine (C=N–C) groups is 1. The Labute approximate surface area is 198 Å². The molecule has 0 spiro atoms. The molecule has 2 fully saturated rings. The maximum Gasteiger partial charge on any atom is 0.251 e. The summed E-state index contributed by atoms with van der Waals surface area (Å²) in [5.74, 6) is 0.990. The van der Waals surface area contributed by atoms with E-state index in [4.69, 9.17) is 9.72 Å². The monoisotopic (exact) mass is 541 g/mol. The Hall–Kier alpha value is -1.72. The normalized spacial score (nSPS) is 19.5. The third-order valence-electron chi connectivity index (χ3n) is 5.31. The summed E-state index contributed by atoms with van der Waals surface area (Å²) in [6.07, 6.45) is 1.60. The molecule has 1 amide bonds. The third-order valence-corrected chi connectivity index (χ3v) is 6.25. The SMILES string of the molecule is CN=C(NCc1csc(-c2ccccc2)n1)N1CCN(C(=O)C2CCCO2)CC1.I. The van der Waals surface area contributed by atoms with E-state index in [1.54, 1.807) is 18.4 Å². The van der Waals surface area contributed by atoms with Crippen molar-refractivity contribution in [3.05, 3.63) is 41.4 Å². The van der Waals surface area contributed by atoms with Crippen LogP contribution in [-0.4, -0.2) is 72.6 Å². The first-order valence-corrected chi connectivity index (χ1v) is 11.0. The second-order valence-corrected chi connectivity index (χ2v) is 8.08. The average Bonchev–Trinajstić information content (AvgIpc) is 3.47. The molecule has 2 aliphatic rings. The van der Waals surface area contributed by atoms with E-state index in [1.165, 1.54) is 0 Å². The predicted octanol–water partition coefficient (Wildman–Crippen LogP) is 2.83. The summed E-state index contributed by atoms with van der Waals surface area (Å²) < 4.78 is 5.54. The number of halogens is 1. The Kier molecular flexibility index (Phi) is 8.46. The van der Waals surface area contributed by atoms with Crippen molar-refractivity contribution in [2.24, 2.45) is 4.99 Å². The molecule has 1 unspecified atom stereocenters. The fourth-order valence-electron chi connectivity index (χ4n) is 3.72. The lowest BCUT2D eigenvalue weighted by Gasteiger charge is -2.37. The van der Waals surface area contributed by atoms with Crippen molar-refractivity contribution < 1.29 is 9.53 Å². The molecule has 30 heavy (non-hydrogen) atoms. The summed E-state index contributed by atoms with van der Waals surface area (Å²) in [5, 5.41) is 6.52. The van der Waals surface area contributed by atoms with E-state index >= 15 is 0 Å². The number of nitrogens with one attached hydrogen (secondary N) is 1. The lowest BCUT2D eigenvalue weighted by molar-refractivity contribution is -0.142. The molecule has 2 aliphatic heterocycles. The standard InChI is InChI=1S/C21H27N5O2S.HI/c1-22-21(23-14-17-15-29-19(24-17)16-6-3-2-4-7-16)26-11-9-25(10-12-26)20(27)18-8-5-13-28-18;/h2-4,6-7,15,18H,5,8-14H2,1H3,(H,22,23);1H. The lowest BCUT2D eigenvalue weighted by atomic mass is 10.2. The van der Waals surface area contributed by atoms with Crippen LogP contribution in [0.3, 0.4) is 0 Å². The average molecular weight is 541 g/mol. The van der Waals surface area contributed by atoms with Crippen molar-refractivity contribution in [1.82, 2.24) is 20.1 Å². The summed E-state index contributed by atoms with van der Waals surface area (Å²) in [4.78, 5) is 25.8. The fourth-order valence-corrected chi connectivity index (χ4v) is 4.54. The maximum absolute atomic E-state index is 12.5. The number of nitrogens with zero attached hydrogens (tertiary/aromatic N) is 4. The second kappa shape index (κ2) is 11.1. The van der Waals surface area contributed by atoms with Gasteiger partial charge in [-0.3, -0.25) is 9.79 Å². The molecule has 1 aromatic heterocycles. The number of guanidine groups is 1. The summed E-state index contributed by atoms with van der Waals surface area (Å²) in [6.45, 7) is 4.28. The van der Waals surface area contributed by atoms with Crippen molar-refractivity contribution in [3.63, 3.8) is 0 Å². The Morgan fingerprint density at radius 2 is 1.97 bits per heavy atom. The van der Waals surface area contributed by atoms with Gasteiger partial charge in [0.25, 0.3) is 5.91 Å². The van der Waals surface area contributed by atoms with Crippen LogP contribution < -0.4 is 5.32 Å². The maximum atomic E-state index is 12.5. The Morgan fingerprint density at radius 1 is 1.23 bits per heavy atom. The number of thiazole rings is 1. The lowest BCUT2D eigenvalue weighted by Crippen LogP contribution is -2.55. The molecule has 0 saturated carbocycles. The van der Waals surface area contributed by atoms with E-state index in [-0.39, 0.29) is 36.0 Å². The molecule has 1 atom stereocenters. The first-order valence-electron chi connectivity index (χ1n) is 10.1. The van der Waals surface area contributed by atoms with Crippen molar-refractivity contribution >= 4 is 47.2 Å². The summed E-state index contributed by atoms with van der Waals surface area (Å²) in [7, 11) is 1.79. The Bertz CT molecular complexity index is 846. The summed E-state index contributed by atoms with van der Waals surface area (Å²) >= 11 is 1.65. The van der Waals surface area contributed by atoms with Gasteiger partial charge in [-0.1, -0.05) is 30.3 Å². The van der Waals surface area contributed by atoms with Gasteiger partial charge in [0, 0.05) is 50.8 Å². The number of benzene rings is 1. The van der Waals surface area contributed by atoms with Crippen LogP contribution in [0.15, 0.2) is 40.7 Å². The molecule has 162 valence electrons. The molecule has 7 nitrogen and oxygen atoms in total. The van der Waals surface area contributed by atoms with Gasteiger partial charge in [0.2, 0.25) is 0 Å². The van der Waals surface area contributed by atoms with Gasteiger partial charge in [-0.15, -0.1) is 35.3 Å². The van der Waals surface area contributed by atoms with E-state index in [0.29, 0.717) is 26.2 Å². The van der Waals surface area contributed by atoms with Gasteiger partial charge in [-0.05, 0) is 12.8 Å². The van der Waals surface area contributed by atoms with Crippen molar-refractivity contribution in [3.8, 4) is 10.6 Å². The number of aromatic nitrogens is 1. The number of piperazine rings is 1. The van der Waals surface area contributed by atoms with Crippen LogP contribution >= 0.6 is 35.3 Å². The zero-order valence-corrected chi connectivity index (χ0v) is 20.3. The predicted molar refractivity (Wildman–Crippen MR) is 130 cm³/mol. The molecule has 2 aromatic rings. The highest BCUT2D eigenvalue weighted by Crippen LogP contribution is 2.23. The molecule has 9 heteroatoms. The topological polar surface area (TPSA) is 70.1 Å². The Morgan fingerprint density at radius 3 is 2.63 bits per heavy atom. The molecule has 2 saturated heterocycles. The molecule has 0 radical (unpaired) electrons. The third kappa shape index (κ3) is 5.50. The summed E-state index contributed by atoms with van der Waals surface area (Å²) in [5.41, 5.74) is 2.14. The molecule has 1 N–H and O–H groups in total. The number of hydrogen-bond acceptors (Lipinski definition) is 5. The van der Waals surface area contributed by atoms with Crippen LogP contribution in [0.4, 0.5) is 0 Å². The highest BCUT2D eigenvalue weighted by atomic mass is 127. The van der Waals surface area contributed by atoms with Crippen LogP contribution in [0, 0.1) is 0 Å². The minimum atomic E-state index is -0.234. The first-order chi connectivity index (χ1) is 14.2. The molecule has 1 aromatic carbocycles. The zero-order chi connectivity index (χ0) is 20.1. The zero-order valence-electron chi connectivity index (χ0n) is 17.1. The van der Waals surface area contributed by atoms with E-state index in [1.807, 2.05) is 23.1 Å². The highest BCUT2D eigenvalue weighted by molar-refractivity contribution is 14.0. The molecule has 3 heterocycles. The van der Waals surface area contributed by atoms with Gasteiger partial charge in [-0.2, -0.15) is 0 Å². The molecule has 0 bridgehead atoms. The number of ether oxygens (including phenoxy) is 1. The van der Waals surface area contributed by atoms with Crippen LogP contribution in [-0.2, 0) is 16.1 Å². The number of carbonyl (C=O) groups is 1. The van der Waals surface area contributed by atoms with E-state index < -0.39 is 0 Å². The fraction of sp³-hybridized carbons (Fsp3) is 0.476. The molecule has 4 rings (SSSR count). The van der Waals surface area contributed by atoms with Gasteiger partial charge in [-0.25, -0.2) is 4.98 Å². The van der Waals surface area contributed by atoms with Crippen molar-refractivity contribution in [1.29, 1.82) is 0 Å². The van der Waals surface area contributed by atoms with E-state index in [0.717, 1.165) is 48.2 Å². The minimum absolute atomic E-state index is 0. The Balaban J connectivity index is 0.00000256. The van der Waals surface area contributed by atoms with E-state index in [9.17, 15) is 4.79 Å². The number of hydrogen-bond donors (Lipinski definition) is 1. The van der Waals surface area contributed by atoms with Crippen LogP contribution in [0.5, 0.6) is 0 Å². The van der Waals surface area contributed by atoms with Crippen molar-refractivity contribution in [2.75, 3.05) is 39.8 Å². The van der Waals surface area contributed by atoms with Gasteiger partial charge >= 0.3 is 0 Å². The van der Waals surface area contributed by atoms with Gasteiger partial charge < -0.3 is 19.9 Å². The number of carbonyl (C=O) groups excluding carboxylic acids is 1. The number of amides is 1. The van der Waals surface area contributed by atoms with E-state index in [2.05, 4.69) is 32.7 Å².